The Morgan fingerprint density at radius 3 is 2.88 bits per heavy atom. The molecule has 2 aliphatic heterocycles. The first-order chi connectivity index (χ1) is 12.5. The summed E-state index contributed by atoms with van der Waals surface area (Å²) in [4.78, 5) is 28.5. The third kappa shape index (κ3) is 4.91. The van der Waals surface area contributed by atoms with Gasteiger partial charge in [0.25, 0.3) is 0 Å². The Balaban J connectivity index is 1.63. The first kappa shape index (κ1) is 19.0. The number of likely N-dealkylation sites (tertiary alicyclic amines) is 1. The van der Waals surface area contributed by atoms with E-state index in [0.29, 0.717) is 30.3 Å². The van der Waals surface area contributed by atoms with Crippen LogP contribution < -0.4 is 10.2 Å². The lowest BCUT2D eigenvalue weighted by Crippen LogP contribution is -2.37. The maximum atomic E-state index is 12.5. The van der Waals surface area contributed by atoms with Gasteiger partial charge < -0.3 is 15.1 Å². The van der Waals surface area contributed by atoms with Gasteiger partial charge in [0.1, 0.15) is 0 Å². The summed E-state index contributed by atoms with van der Waals surface area (Å²) in [6.07, 6.45) is 5.31. The largest absolute Gasteiger partial charge is 0.370 e. The summed E-state index contributed by atoms with van der Waals surface area (Å²) in [6, 6.07) is 5.68. The maximum absolute atomic E-state index is 12.5. The molecule has 0 radical (unpaired) electrons. The van der Waals surface area contributed by atoms with Crippen LogP contribution in [0.2, 0.25) is 5.02 Å². The van der Waals surface area contributed by atoms with Crippen molar-refractivity contribution in [2.24, 2.45) is 5.92 Å². The Bertz CT molecular complexity index is 664. The standard InChI is InChI=1S/C20H28ClN3O2/c1-15-5-4-11-24(14-15)18-8-7-16(21)13-17(18)22-19(25)9-12-23-10-3-2-6-20(23)26/h7-8,13,15H,2-6,9-12,14H2,1H3,(H,22,25)/t15-/m0/s1. The van der Waals surface area contributed by atoms with Crippen LogP contribution in [0.5, 0.6) is 0 Å². The molecule has 142 valence electrons. The smallest absolute Gasteiger partial charge is 0.226 e. The molecular formula is C20H28ClN3O2. The van der Waals surface area contributed by atoms with Gasteiger partial charge in [-0.25, -0.2) is 0 Å². The van der Waals surface area contributed by atoms with Crippen LogP contribution in [0.15, 0.2) is 18.2 Å². The molecular weight excluding hydrogens is 350 g/mol. The van der Waals surface area contributed by atoms with Gasteiger partial charge >= 0.3 is 0 Å². The van der Waals surface area contributed by atoms with Crippen LogP contribution in [0.25, 0.3) is 0 Å². The molecule has 2 aliphatic rings. The Labute approximate surface area is 160 Å². The van der Waals surface area contributed by atoms with Crippen molar-refractivity contribution < 1.29 is 9.59 Å². The van der Waals surface area contributed by atoms with Crippen molar-refractivity contribution in [1.29, 1.82) is 0 Å². The van der Waals surface area contributed by atoms with Gasteiger partial charge in [-0.2, -0.15) is 0 Å². The van der Waals surface area contributed by atoms with Crippen LogP contribution in [0.3, 0.4) is 0 Å². The zero-order valence-electron chi connectivity index (χ0n) is 15.5. The van der Waals surface area contributed by atoms with Crippen molar-refractivity contribution >= 4 is 34.8 Å². The van der Waals surface area contributed by atoms with Crippen molar-refractivity contribution in [3.05, 3.63) is 23.2 Å². The highest BCUT2D eigenvalue weighted by molar-refractivity contribution is 6.31. The minimum Gasteiger partial charge on any atom is -0.370 e. The fourth-order valence-corrected chi connectivity index (χ4v) is 4.01. The van der Waals surface area contributed by atoms with E-state index in [4.69, 9.17) is 11.6 Å². The second kappa shape index (κ2) is 8.76. The third-order valence-corrected chi connectivity index (χ3v) is 5.50. The predicted molar refractivity (Wildman–Crippen MR) is 106 cm³/mol. The van der Waals surface area contributed by atoms with Crippen molar-refractivity contribution in [2.45, 2.75) is 45.4 Å². The number of benzene rings is 1. The molecule has 0 aromatic heterocycles. The summed E-state index contributed by atoms with van der Waals surface area (Å²) in [5.74, 6) is 0.736. The fraction of sp³-hybridized carbons (Fsp3) is 0.600. The topological polar surface area (TPSA) is 52.7 Å². The van der Waals surface area contributed by atoms with E-state index in [9.17, 15) is 9.59 Å². The Morgan fingerprint density at radius 1 is 1.27 bits per heavy atom. The van der Waals surface area contributed by atoms with Gasteiger partial charge in [-0.1, -0.05) is 18.5 Å². The molecule has 0 spiro atoms. The molecule has 0 saturated carbocycles. The van der Waals surface area contributed by atoms with Crippen molar-refractivity contribution in [3.63, 3.8) is 0 Å². The van der Waals surface area contributed by atoms with Crippen molar-refractivity contribution in [1.82, 2.24) is 4.90 Å². The molecule has 6 heteroatoms. The number of hydrogen-bond donors (Lipinski definition) is 1. The number of rotatable bonds is 5. The summed E-state index contributed by atoms with van der Waals surface area (Å²) in [5, 5.41) is 3.63. The number of anilines is 2. The van der Waals surface area contributed by atoms with E-state index >= 15 is 0 Å². The monoisotopic (exact) mass is 377 g/mol. The number of halogens is 1. The van der Waals surface area contributed by atoms with E-state index < -0.39 is 0 Å². The Morgan fingerprint density at radius 2 is 2.12 bits per heavy atom. The van der Waals surface area contributed by atoms with E-state index in [1.807, 2.05) is 18.2 Å². The predicted octanol–water partition coefficient (Wildman–Crippen LogP) is 3.92. The number of amides is 2. The van der Waals surface area contributed by atoms with Crippen LogP contribution in [-0.4, -0.2) is 42.9 Å². The highest BCUT2D eigenvalue weighted by Gasteiger charge is 2.21. The molecule has 1 N–H and O–H groups in total. The second-order valence-corrected chi connectivity index (χ2v) is 7.93. The molecule has 5 nitrogen and oxygen atoms in total. The van der Waals surface area contributed by atoms with Crippen molar-refractivity contribution in [2.75, 3.05) is 36.4 Å². The number of carbonyl (C=O) groups is 2. The molecule has 1 aromatic carbocycles. The minimum absolute atomic E-state index is 0.0723. The summed E-state index contributed by atoms with van der Waals surface area (Å²) >= 11 is 6.16. The summed E-state index contributed by atoms with van der Waals surface area (Å²) < 4.78 is 0. The van der Waals surface area contributed by atoms with E-state index in [-0.39, 0.29) is 11.8 Å². The summed E-state index contributed by atoms with van der Waals surface area (Å²) in [5.41, 5.74) is 1.80. The molecule has 26 heavy (non-hydrogen) atoms. The Hall–Kier alpha value is -1.75. The molecule has 2 saturated heterocycles. The SMILES string of the molecule is C[C@H]1CCCN(c2ccc(Cl)cc2NC(=O)CCN2CCCCC2=O)C1. The zero-order valence-corrected chi connectivity index (χ0v) is 16.2. The number of piperidine rings is 2. The van der Waals surface area contributed by atoms with Gasteiger partial charge in [0, 0.05) is 44.0 Å². The molecule has 1 aromatic rings. The summed E-state index contributed by atoms with van der Waals surface area (Å²) in [7, 11) is 0. The molecule has 2 fully saturated rings. The van der Waals surface area contributed by atoms with Gasteiger partial charge in [-0.05, 0) is 49.8 Å². The number of nitrogens with zero attached hydrogens (tertiary/aromatic N) is 2. The highest BCUT2D eigenvalue weighted by atomic mass is 35.5. The maximum Gasteiger partial charge on any atom is 0.226 e. The lowest BCUT2D eigenvalue weighted by Gasteiger charge is -2.34. The first-order valence-corrected chi connectivity index (χ1v) is 10.0. The first-order valence-electron chi connectivity index (χ1n) is 9.65. The number of nitrogens with one attached hydrogen (secondary N) is 1. The van der Waals surface area contributed by atoms with Gasteiger partial charge in [-0.3, -0.25) is 9.59 Å². The molecule has 0 unspecified atom stereocenters. The van der Waals surface area contributed by atoms with Gasteiger partial charge in [0.15, 0.2) is 0 Å². The van der Waals surface area contributed by atoms with Crippen LogP contribution in [-0.2, 0) is 9.59 Å². The van der Waals surface area contributed by atoms with E-state index in [1.165, 1.54) is 6.42 Å². The molecule has 1 atom stereocenters. The lowest BCUT2D eigenvalue weighted by atomic mass is 9.99. The number of hydrogen-bond acceptors (Lipinski definition) is 3. The van der Waals surface area contributed by atoms with Crippen molar-refractivity contribution in [3.8, 4) is 0 Å². The Kier molecular flexibility index (Phi) is 6.41. The van der Waals surface area contributed by atoms with Crippen LogP contribution in [0, 0.1) is 5.92 Å². The zero-order chi connectivity index (χ0) is 18.5. The second-order valence-electron chi connectivity index (χ2n) is 7.49. The third-order valence-electron chi connectivity index (χ3n) is 5.26. The van der Waals surface area contributed by atoms with E-state index in [1.54, 1.807) is 4.90 Å². The van der Waals surface area contributed by atoms with Crippen LogP contribution in [0.1, 0.15) is 45.4 Å². The minimum atomic E-state index is -0.0723. The quantitative estimate of drug-likeness (QED) is 0.846. The van der Waals surface area contributed by atoms with Gasteiger partial charge in [-0.15, -0.1) is 0 Å². The van der Waals surface area contributed by atoms with E-state index in [2.05, 4.69) is 17.1 Å². The van der Waals surface area contributed by atoms with Crippen LogP contribution in [0.4, 0.5) is 11.4 Å². The molecule has 2 amide bonds. The average molecular weight is 378 g/mol. The highest BCUT2D eigenvalue weighted by Crippen LogP contribution is 2.32. The lowest BCUT2D eigenvalue weighted by molar-refractivity contribution is -0.133. The molecule has 3 rings (SSSR count). The summed E-state index contributed by atoms with van der Waals surface area (Å²) in [6.45, 7) is 5.50. The average Bonchev–Trinajstić information content (AvgIpc) is 2.61. The fourth-order valence-electron chi connectivity index (χ4n) is 3.84. The molecule has 0 aliphatic carbocycles. The van der Waals surface area contributed by atoms with E-state index in [0.717, 1.165) is 50.3 Å². The van der Waals surface area contributed by atoms with Gasteiger partial charge in [0.2, 0.25) is 11.8 Å². The van der Waals surface area contributed by atoms with Gasteiger partial charge in [0.05, 0.1) is 11.4 Å². The molecule has 0 bridgehead atoms. The van der Waals surface area contributed by atoms with Crippen LogP contribution >= 0.6 is 11.6 Å². The normalized spacial score (nSPS) is 21.0. The number of carbonyl (C=O) groups excluding carboxylic acids is 2. The molecule has 2 heterocycles.